The second kappa shape index (κ2) is 5.97. The van der Waals surface area contributed by atoms with Gasteiger partial charge >= 0.3 is 0 Å². The second-order valence-corrected chi connectivity index (χ2v) is 6.11. The van der Waals surface area contributed by atoms with Crippen LogP contribution in [0.3, 0.4) is 0 Å². The first-order valence-electron chi connectivity index (χ1n) is 7.87. The van der Waals surface area contributed by atoms with Gasteiger partial charge in [-0.2, -0.15) is 0 Å². The maximum Gasteiger partial charge on any atom is 0.255 e. The first-order chi connectivity index (χ1) is 10.6. The fourth-order valence-electron chi connectivity index (χ4n) is 3.32. The Morgan fingerprint density at radius 1 is 1.23 bits per heavy atom. The summed E-state index contributed by atoms with van der Waals surface area (Å²) in [4.78, 5) is 14.7. The van der Waals surface area contributed by atoms with Crippen molar-refractivity contribution >= 4 is 5.91 Å². The van der Waals surface area contributed by atoms with E-state index in [0.29, 0.717) is 6.54 Å². The van der Waals surface area contributed by atoms with E-state index in [1.54, 1.807) is 0 Å². The quantitative estimate of drug-likeness (QED) is 0.926. The molecular weight excluding hydrogens is 274 g/mol. The molecule has 1 saturated heterocycles. The van der Waals surface area contributed by atoms with Crippen LogP contribution in [0.2, 0.25) is 0 Å². The van der Waals surface area contributed by atoms with Gasteiger partial charge in [0.05, 0.1) is 5.56 Å². The zero-order valence-electron chi connectivity index (χ0n) is 13.2. The Kier molecular flexibility index (Phi) is 4.03. The molecule has 1 amide bonds. The highest BCUT2D eigenvalue weighted by molar-refractivity contribution is 5.96. The first-order valence-corrected chi connectivity index (χ1v) is 7.87. The van der Waals surface area contributed by atoms with Gasteiger partial charge in [-0.3, -0.25) is 4.79 Å². The molecular formula is C18H23N3O. The standard InChI is InChI=1S/C18H23N3O/c1-13-11-17(18(22)20-10-6-7-15(19)12-20)14(2)21(13)16-8-4-3-5-9-16/h3-5,8-9,11,15H,6-7,10,12,19H2,1-2H3. The van der Waals surface area contributed by atoms with E-state index in [4.69, 9.17) is 5.73 Å². The Balaban J connectivity index is 1.94. The van der Waals surface area contributed by atoms with Crippen LogP contribution in [0.15, 0.2) is 36.4 Å². The molecule has 0 spiro atoms. The number of aromatic nitrogens is 1. The van der Waals surface area contributed by atoms with E-state index in [2.05, 4.69) is 16.7 Å². The number of piperidine rings is 1. The van der Waals surface area contributed by atoms with Crippen LogP contribution < -0.4 is 5.73 Å². The highest BCUT2D eigenvalue weighted by Crippen LogP contribution is 2.23. The molecule has 2 aromatic rings. The molecule has 4 heteroatoms. The van der Waals surface area contributed by atoms with Gasteiger partial charge in [-0.25, -0.2) is 0 Å². The summed E-state index contributed by atoms with van der Waals surface area (Å²) in [5.41, 5.74) is 9.95. The van der Waals surface area contributed by atoms with Crippen molar-refractivity contribution in [1.29, 1.82) is 0 Å². The summed E-state index contributed by atoms with van der Waals surface area (Å²) in [6.07, 6.45) is 2.00. The smallest absolute Gasteiger partial charge is 0.255 e. The molecule has 1 aliphatic heterocycles. The predicted molar refractivity (Wildman–Crippen MR) is 88.4 cm³/mol. The van der Waals surface area contributed by atoms with Gasteiger partial charge in [0.15, 0.2) is 0 Å². The van der Waals surface area contributed by atoms with E-state index in [1.807, 2.05) is 43.0 Å². The van der Waals surface area contributed by atoms with Crippen LogP contribution in [0.4, 0.5) is 0 Å². The number of para-hydroxylation sites is 1. The van der Waals surface area contributed by atoms with Gasteiger partial charge in [-0.15, -0.1) is 0 Å². The van der Waals surface area contributed by atoms with Crippen molar-refractivity contribution in [2.45, 2.75) is 32.7 Å². The fraction of sp³-hybridized carbons (Fsp3) is 0.389. The molecule has 1 unspecified atom stereocenters. The normalized spacial score (nSPS) is 18.5. The summed E-state index contributed by atoms with van der Waals surface area (Å²) in [6.45, 7) is 5.52. The van der Waals surface area contributed by atoms with E-state index in [-0.39, 0.29) is 11.9 Å². The van der Waals surface area contributed by atoms with Gasteiger partial charge < -0.3 is 15.2 Å². The Bertz CT molecular complexity index is 675. The second-order valence-electron chi connectivity index (χ2n) is 6.11. The Labute approximate surface area is 131 Å². The number of aryl methyl sites for hydroxylation is 1. The lowest BCUT2D eigenvalue weighted by molar-refractivity contribution is 0.0708. The third-order valence-corrected chi connectivity index (χ3v) is 4.42. The number of hydrogen-bond acceptors (Lipinski definition) is 2. The molecule has 0 radical (unpaired) electrons. The Morgan fingerprint density at radius 2 is 1.95 bits per heavy atom. The van der Waals surface area contributed by atoms with Crippen LogP contribution >= 0.6 is 0 Å². The van der Waals surface area contributed by atoms with Crippen molar-refractivity contribution in [3.8, 4) is 5.69 Å². The van der Waals surface area contributed by atoms with Crippen molar-refractivity contribution in [2.24, 2.45) is 5.73 Å². The lowest BCUT2D eigenvalue weighted by Crippen LogP contribution is -2.45. The average Bonchev–Trinajstić information content (AvgIpc) is 2.82. The number of hydrogen-bond donors (Lipinski definition) is 1. The van der Waals surface area contributed by atoms with Gasteiger partial charge in [0.2, 0.25) is 0 Å². The zero-order chi connectivity index (χ0) is 15.7. The minimum absolute atomic E-state index is 0.102. The number of benzene rings is 1. The van der Waals surface area contributed by atoms with Crippen molar-refractivity contribution in [1.82, 2.24) is 9.47 Å². The van der Waals surface area contributed by atoms with Crippen LogP contribution in [0, 0.1) is 13.8 Å². The monoisotopic (exact) mass is 297 g/mol. The van der Waals surface area contributed by atoms with E-state index in [9.17, 15) is 4.79 Å². The SMILES string of the molecule is Cc1cc(C(=O)N2CCCC(N)C2)c(C)n1-c1ccccc1. The van der Waals surface area contributed by atoms with E-state index >= 15 is 0 Å². The number of carbonyl (C=O) groups excluding carboxylic acids is 1. The summed E-state index contributed by atoms with van der Waals surface area (Å²) in [5, 5.41) is 0. The number of carbonyl (C=O) groups is 1. The zero-order valence-corrected chi connectivity index (χ0v) is 13.2. The van der Waals surface area contributed by atoms with Gasteiger partial charge in [0.25, 0.3) is 5.91 Å². The number of likely N-dealkylation sites (tertiary alicyclic amines) is 1. The summed E-state index contributed by atoms with van der Waals surface area (Å²) >= 11 is 0. The van der Waals surface area contributed by atoms with Crippen LogP contribution in [0.5, 0.6) is 0 Å². The summed E-state index contributed by atoms with van der Waals surface area (Å²) < 4.78 is 2.14. The van der Waals surface area contributed by atoms with Crippen LogP contribution in [-0.2, 0) is 0 Å². The third kappa shape index (κ3) is 2.66. The molecule has 0 bridgehead atoms. The van der Waals surface area contributed by atoms with Crippen molar-refractivity contribution in [3.05, 3.63) is 53.3 Å². The molecule has 3 rings (SSSR count). The lowest BCUT2D eigenvalue weighted by atomic mass is 10.1. The molecule has 2 heterocycles. The summed E-state index contributed by atoms with van der Waals surface area (Å²) in [7, 11) is 0. The highest BCUT2D eigenvalue weighted by Gasteiger charge is 2.25. The molecule has 1 fully saturated rings. The summed E-state index contributed by atoms with van der Waals surface area (Å²) in [5.74, 6) is 0.102. The molecule has 4 nitrogen and oxygen atoms in total. The minimum Gasteiger partial charge on any atom is -0.337 e. The Morgan fingerprint density at radius 3 is 2.64 bits per heavy atom. The topological polar surface area (TPSA) is 51.3 Å². The fourth-order valence-corrected chi connectivity index (χ4v) is 3.32. The molecule has 1 aromatic carbocycles. The van der Waals surface area contributed by atoms with Gasteiger partial charge in [-0.05, 0) is 44.9 Å². The predicted octanol–water partition coefficient (Wildman–Crippen LogP) is 2.66. The van der Waals surface area contributed by atoms with Crippen LogP contribution in [0.1, 0.15) is 34.6 Å². The first kappa shape index (κ1) is 14.9. The molecule has 0 aliphatic carbocycles. The van der Waals surface area contributed by atoms with E-state index in [0.717, 1.165) is 42.0 Å². The molecule has 1 aromatic heterocycles. The van der Waals surface area contributed by atoms with Crippen molar-refractivity contribution < 1.29 is 4.79 Å². The average molecular weight is 297 g/mol. The van der Waals surface area contributed by atoms with E-state index in [1.165, 1.54) is 0 Å². The minimum atomic E-state index is 0.102. The van der Waals surface area contributed by atoms with Crippen molar-refractivity contribution in [3.63, 3.8) is 0 Å². The maximum absolute atomic E-state index is 12.8. The van der Waals surface area contributed by atoms with Gasteiger partial charge in [0, 0.05) is 36.2 Å². The van der Waals surface area contributed by atoms with E-state index < -0.39 is 0 Å². The van der Waals surface area contributed by atoms with Crippen LogP contribution in [-0.4, -0.2) is 34.5 Å². The number of nitrogens with zero attached hydrogens (tertiary/aromatic N) is 2. The molecule has 116 valence electrons. The molecule has 1 aliphatic rings. The van der Waals surface area contributed by atoms with Crippen LogP contribution in [0.25, 0.3) is 5.69 Å². The number of amides is 1. The number of rotatable bonds is 2. The largest absolute Gasteiger partial charge is 0.337 e. The third-order valence-electron chi connectivity index (χ3n) is 4.42. The Hall–Kier alpha value is -2.07. The maximum atomic E-state index is 12.8. The molecule has 1 atom stereocenters. The molecule has 22 heavy (non-hydrogen) atoms. The van der Waals surface area contributed by atoms with Crippen molar-refractivity contribution in [2.75, 3.05) is 13.1 Å². The number of nitrogens with two attached hydrogens (primary N) is 1. The van der Waals surface area contributed by atoms with Gasteiger partial charge in [0.1, 0.15) is 0 Å². The molecule has 2 N–H and O–H groups in total. The highest BCUT2D eigenvalue weighted by atomic mass is 16.2. The summed E-state index contributed by atoms with van der Waals surface area (Å²) in [6, 6.07) is 12.2. The lowest BCUT2D eigenvalue weighted by Gasteiger charge is -2.30. The van der Waals surface area contributed by atoms with Gasteiger partial charge in [-0.1, -0.05) is 18.2 Å². The molecule has 0 saturated carbocycles.